The first-order valence-corrected chi connectivity index (χ1v) is 4.57. The number of rotatable bonds is 4. The minimum absolute atomic E-state index is 0.0569. The van der Waals surface area contributed by atoms with Gasteiger partial charge in [0, 0.05) is 14.1 Å². The van der Waals surface area contributed by atoms with Gasteiger partial charge in [0.05, 0.1) is 5.92 Å². The summed E-state index contributed by atoms with van der Waals surface area (Å²) in [6.07, 6.45) is 0.685. The molecule has 1 atom stereocenters. The van der Waals surface area contributed by atoms with Crippen LogP contribution in [0, 0.1) is 0 Å². The molecular weight excluding hydrogens is 182 g/mol. The Morgan fingerprint density at radius 3 is 2.57 bits per heavy atom. The molecule has 1 rings (SSSR count). The van der Waals surface area contributed by atoms with Crippen LogP contribution in [0.2, 0.25) is 0 Å². The molecule has 0 aromatic carbocycles. The number of hydrogen-bond donors (Lipinski definition) is 0. The highest BCUT2D eigenvalue weighted by Gasteiger charge is 2.21. The molecule has 78 valence electrons. The molecule has 1 aromatic heterocycles. The smallest absolute Gasteiger partial charge is 0.265 e. The van der Waals surface area contributed by atoms with Gasteiger partial charge in [-0.2, -0.15) is 4.98 Å². The monoisotopic (exact) mass is 197 g/mol. The summed E-state index contributed by atoms with van der Waals surface area (Å²) >= 11 is 0. The Morgan fingerprint density at radius 2 is 2.21 bits per heavy atom. The number of aromatic nitrogens is 2. The Bertz CT molecular complexity index is 320. The molecule has 5 heteroatoms. The molecule has 0 bridgehead atoms. The molecule has 1 unspecified atom stereocenters. The topological polar surface area (TPSA) is 59.2 Å². The van der Waals surface area contributed by atoms with Gasteiger partial charge in [0.25, 0.3) is 5.95 Å². The average molecular weight is 197 g/mol. The number of carbonyl (C=O) groups excluding carboxylic acids is 1. The number of carbonyl (C=O) groups is 1. The Hall–Kier alpha value is -1.39. The van der Waals surface area contributed by atoms with Gasteiger partial charge in [-0.05, 0) is 18.5 Å². The van der Waals surface area contributed by atoms with Crippen LogP contribution >= 0.6 is 0 Å². The molecule has 0 aliphatic heterocycles. The van der Waals surface area contributed by atoms with Gasteiger partial charge in [-0.1, -0.05) is 6.92 Å². The summed E-state index contributed by atoms with van der Waals surface area (Å²) in [5.74, 6) is 0.695. The van der Waals surface area contributed by atoms with E-state index in [1.54, 1.807) is 4.90 Å². The largest absolute Gasteiger partial charge is 0.344 e. The number of ketones is 1. The fraction of sp³-hybridized carbons (Fsp3) is 0.667. The van der Waals surface area contributed by atoms with Crippen molar-refractivity contribution >= 4 is 11.7 Å². The van der Waals surface area contributed by atoms with Crippen molar-refractivity contribution in [3.05, 3.63) is 5.89 Å². The molecule has 0 N–H and O–H groups in total. The Kier molecular flexibility index (Phi) is 3.22. The highest BCUT2D eigenvalue weighted by atomic mass is 16.5. The van der Waals surface area contributed by atoms with E-state index in [4.69, 9.17) is 4.52 Å². The molecule has 14 heavy (non-hydrogen) atoms. The zero-order valence-corrected chi connectivity index (χ0v) is 8.94. The first kappa shape index (κ1) is 10.7. The zero-order chi connectivity index (χ0) is 10.7. The van der Waals surface area contributed by atoms with Gasteiger partial charge in [0.2, 0.25) is 5.89 Å². The third-order valence-electron chi connectivity index (χ3n) is 2.03. The molecule has 5 nitrogen and oxygen atoms in total. The molecule has 1 aromatic rings. The molecule has 0 radical (unpaired) electrons. The third-order valence-corrected chi connectivity index (χ3v) is 2.03. The summed E-state index contributed by atoms with van der Waals surface area (Å²) in [5.41, 5.74) is 0. The summed E-state index contributed by atoms with van der Waals surface area (Å²) in [7, 11) is 3.65. The van der Waals surface area contributed by atoms with Crippen LogP contribution in [0.25, 0.3) is 0 Å². The highest BCUT2D eigenvalue weighted by molar-refractivity contribution is 5.82. The maximum atomic E-state index is 11.2. The van der Waals surface area contributed by atoms with E-state index in [0.29, 0.717) is 18.3 Å². The van der Waals surface area contributed by atoms with Gasteiger partial charge in [-0.15, -0.1) is 0 Å². The zero-order valence-electron chi connectivity index (χ0n) is 8.94. The molecule has 0 aliphatic carbocycles. The van der Waals surface area contributed by atoms with Crippen molar-refractivity contribution in [3.63, 3.8) is 0 Å². The standard InChI is InChI=1S/C9H15N3O2/c1-5-7(6(2)13)8-10-9(11-14-8)12(3)4/h7H,5H2,1-4H3. The van der Waals surface area contributed by atoms with Crippen molar-refractivity contribution < 1.29 is 9.32 Å². The van der Waals surface area contributed by atoms with Crippen molar-refractivity contribution in [3.8, 4) is 0 Å². The van der Waals surface area contributed by atoms with E-state index in [0.717, 1.165) is 0 Å². The van der Waals surface area contributed by atoms with E-state index in [1.165, 1.54) is 6.92 Å². The fourth-order valence-corrected chi connectivity index (χ4v) is 1.19. The Morgan fingerprint density at radius 1 is 1.57 bits per heavy atom. The van der Waals surface area contributed by atoms with Crippen LogP contribution in [-0.4, -0.2) is 30.0 Å². The quantitative estimate of drug-likeness (QED) is 0.726. The van der Waals surface area contributed by atoms with Crippen molar-refractivity contribution in [2.24, 2.45) is 0 Å². The van der Waals surface area contributed by atoms with E-state index in [1.807, 2.05) is 21.0 Å². The first-order chi connectivity index (χ1) is 6.56. The Labute approximate surface area is 83.1 Å². The first-order valence-electron chi connectivity index (χ1n) is 4.57. The molecular formula is C9H15N3O2. The molecule has 0 spiro atoms. The second-order valence-corrected chi connectivity index (χ2v) is 3.40. The summed E-state index contributed by atoms with van der Waals surface area (Å²) < 4.78 is 5.02. The lowest BCUT2D eigenvalue weighted by Gasteiger charge is -2.05. The molecule has 1 heterocycles. The predicted molar refractivity (Wildman–Crippen MR) is 52.3 cm³/mol. The fourth-order valence-electron chi connectivity index (χ4n) is 1.19. The summed E-state index contributed by atoms with van der Waals surface area (Å²) in [5, 5.41) is 3.75. The van der Waals surface area contributed by atoms with Crippen LogP contribution < -0.4 is 4.90 Å². The second kappa shape index (κ2) is 4.21. The summed E-state index contributed by atoms with van der Waals surface area (Å²) in [6, 6.07) is 0. The number of hydrogen-bond acceptors (Lipinski definition) is 5. The van der Waals surface area contributed by atoms with E-state index < -0.39 is 0 Å². The lowest BCUT2D eigenvalue weighted by Crippen LogP contribution is -2.11. The SMILES string of the molecule is CCC(C(C)=O)c1nc(N(C)C)no1. The van der Waals surface area contributed by atoms with Gasteiger partial charge in [0.1, 0.15) is 5.78 Å². The molecule has 0 saturated heterocycles. The molecule has 0 aliphatic rings. The average Bonchev–Trinajstić information content (AvgIpc) is 2.53. The number of anilines is 1. The molecule has 0 fully saturated rings. The number of nitrogens with zero attached hydrogens (tertiary/aromatic N) is 3. The predicted octanol–water partition coefficient (Wildman–Crippen LogP) is 1.22. The lowest BCUT2D eigenvalue weighted by molar-refractivity contribution is -0.119. The van der Waals surface area contributed by atoms with Crippen LogP contribution in [0.5, 0.6) is 0 Å². The van der Waals surface area contributed by atoms with Crippen molar-refractivity contribution in [2.45, 2.75) is 26.2 Å². The Balaban J connectivity index is 2.89. The minimum Gasteiger partial charge on any atom is -0.344 e. The minimum atomic E-state index is -0.267. The second-order valence-electron chi connectivity index (χ2n) is 3.40. The maximum Gasteiger partial charge on any atom is 0.265 e. The molecule has 0 amide bonds. The highest BCUT2D eigenvalue weighted by Crippen LogP contribution is 2.20. The van der Waals surface area contributed by atoms with E-state index >= 15 is 0 Å². The normalized spacial score (nSPS) is 12.6. The van der Waals surface area contributed by atoms with Gasteiger partial charge < -0.3 is 9.42 Å². The summed E-state index contributed by atoms with van der Waals surface area (Å²) in [6.45, 7) is 3.46. The van der Waals surface area contributed by atoms with Gasteiger partial charge in [-0.25, -0.2) is 0 Å². The van der Waals surface area contributed by atoms with Gasteiger partial charge in [0.15, 0.2) is 0 Å². The van der Waals surface area contributed by atoms with E-state index in [-0.39, 0.29) is 11.7 Å². The maximum absolute atomic E-state index is 11.2. The van der Waals surface area contributed by atoms with Crippen LogP contribution in [0.15, 0.2) is 4.52 Å². The van der Waals surface area contributed by atoms with Crippen molar-refractivity contribution in [2.75, 3.05) is 19.0 Å². The molecule has 0 saturated carbocycles. The van der Waals surface area contributed by atoms with Crippen LogP contribution in [0.3, 0.4) is 0 Å². The van der Waals surface area contributed by atoms with Crippen LogP contribution in [-0.2, 0) is 4.79 Å². The third kappa shape index (κ3) is 2.10. The van der Waals surface area contributed by atoms with Crippen molar-refractivity contribution in [1.29, 1.82) is 0 Å². The lowest BCUT2D eigenvalue weighted by atomic mass is 10.0. The summed E-state index contributed by atoms with van der Waals surface area (Å²) in [4.78, 5) is 17.1. The van der Waals surface area contributed by atoms with Gasteiger partial charge in [-0.3, -0.25) is 4.79 Å². The van der Waals surface area contributed by atoms with Crippen LogP contribution in [0.1, 0.15) is 32.1 Å². The van der Waals surface area contributed by atoms with Gasteiger partial charge >= 0.3 is 0 Å². The van der Waals surface area contributed by atoms with Crippen molar-refractivity contribution in [1.82, 2.24) is 10.1 Å². The number of Topliss-reactive ketones (excluding diaryl/α,β-unsaturated/α-hetero) is 1. The van der Waals surface area contributed by atoms with E-state index in [2.05, 4.69) is 10.1 Å². The van der Waals surface area contributed by atoms with Crippen LogP contribution in [0.4, 0.5) is 5.95 Å². The van der Waals surface area contributed by atoms with E-state index in [9.17, 15) is 4.79 Å².